The van der Waals surface area contributed by atoms with Crippen LogP contribution in [0.1, 0.15) is 0 Å². The third-order valence-electron chi connectivity index (χ3n) is 1.69. The molecule has 1 aliphatic heterocycles. The smallest absolute Gasteiger partial charge is 0.423 e. The monoisotopic (exact) mass is 165 g/mol. The minimum Gasteiger partial charge on any atom is -0.423 e. The van der Waals surface area contributed by atoms with Gasteiger partial charge in [0.1, 0.15) is 0 Å². The molecule has 64 valence electrons. The van der Waals surface area contributed by atoms with E-state index in [1.807, 2.05) is 11.1 Å². The van der Waals surface area contributed by atoms with Gasteiger partial charge in [-0.15, -0.1) is 6.58 Å². The molecule has 0 aromatic carbocycles. The lowest BCUT2D eigenvalue weighted by Crippen LogP contribution is -2.29. The first-order valence-corrected chi connectivity index (χ1v) is 3.82. The fraction of sp³-hybridized carbons (Fsp3) is 0.250. The molecule has 1 heterocycles. The molecule has 0 aromatic rings. The number of hydrogen-bond acceptors (Lipinski definition) is 3. The molecule has 2 N–H and O–H groups in total. The van der Waals surface area contributed by atoms with Crippen LogP contribution in [0.5, 0.6) is 0 Å². The van der Waals surface area contributed by atoms with E-state index >= 15 is 0 Å². The zero-order valence-electron chi connectivity index (χ0n) is 6.85. The molecule has 1 aliphatic rings. The van der Waals surface area contributed by atoms with Gasteiger partial charge in [-0.3, -0.25) is 0 Å². The maximum atomic E-state index is 8.86. The first kappa shape index (κ1) is 9.10. The molecule has 12 heavy (non-hydrogen) atoms. The summed E-state index contributed by atoms with van der Waals surface area (Å²) >= 11 is 0. The van der Waals surface area contributed by atoms with E-state index in [1.165, 1.54) is 0 Å². The third-order valence-corrected chi connectivity index (χ3v) is 1.69. The molecule has 1 rings (SSSR count). The molecule has 0 spiro atoms. The van der Waals surface area contributed by atoms with Crippen LogP contribution in [0.3, 0.4) is 0 Å². The van der Waals surface area contributed by atoms with Crippen LogP contribution in [0.2, 0.25) is 0 Å². The molecule has 0 amide bonds. The van der Waals surface area contributed by atoms with Crippen LogP contribution in [0.25, 0.3) is 0 Å². The Hall–Kier alpha value is -0.995. The summed E-state index contributed by atoms with van der Waals surface area (Å²) in [4.78, 5) is 1.95. The second-order valence-electron chi connectivity index (χ2n) is 2.67. The van der Waals surface area contributed by atoms with Gasteiger partial charge in [0, 0.05) is 13.1 Å². The largest absolute Gasteiger partial charge is 0.485 e. The number of hydrogen-bond donors (Lipinski definition) is 2. The molecule has 0 saturated carbocycles. The molecular formula is C8H12BNO2. The second-order valence-corrected chi connectivity index (χ2v) is 2.67. The van der Waals surface area contributed by atoms with Crippen molar-refractivity contribution in [2.45, 2.75) is 0 Å². The van der Waals surface area contributed by atoms with Crippen molar-refractivity contribution in [3.05, 3.63) is 36.5 Å². The lowest BCUT2D eigenvalue weighted by atomic mass is 9.78. The predicted octanol–water partition coefficient (Wildman–Crippen LogP) is -0.0599. The van der Waals surface area contributed by atoms with Crippen LogP contribution in [0.15, 0.2) is 36.5 Å². The molecular weight excluding hydrogens is 153 g/mol. The highest BCUT2D eigenvalue weighted by atomic mass is 16.4. The summed E-state index contributed by atoms with van der Waals surface area (Å²) in [6, 6.07) is 0. The van der Waals surface area contributed by atoms with E-state index in [-0.39, 0.29) is 0 Å². The molecule has 0 bridgehead atoms. The van der Waals surface area contributed by atoms with Crippen molar-refractivity contribution in [2.75, 3.05) is 13.1 Å². The van der Waals surface area contributed by atoms with Gasteiger partial charge in [0.25, 0.3) is 0 Å². The van der Waals surface area contributed by atoms with Crippen molar-refractivity contribution < 1.29 is 10.0 Å². The Morgan fingerprint density at radius 2 is 2.42 bits per heavy atom. The summed E-state index contributed by atoms with van der Waals surface area (Å²) in [6.07, 6.45) is 7.18. The summed E-state index contributed by atoms with van der Waals surface area (Å²) in [7, 11) is -1.35. The first-order chi connectivity index (χ1) is 5.74. The van der Waals surface area contributed by atoms with Crippen molar-refractivity contribution in [1.82, 2.24) is 4.90 Å². The molecule has 0 fully saturated rings. The van der Waals surface area contributed by atoms with E-state index in [1.54, 1.807) is 18.2 Å². The fourth-order valence-electron chi connectivity index (χ4n) is 1.09. The average Bonchev–Trinajstić information content (AvgIpc) is 2.05. The van der Waals surface area contributed by atoms with Gasteiger partial charge in [-0.05, 0) is 17.7 Å². The normalized spacial score (nSPS) is 15.8. The SMILES string of the molecule is C=CCN1C=CC=C(B(O)O)C1. The summed E-state index contributed by atoms with van der Waals surface area (Å²) in [5, 5.41) is 17.7. The van der Waals surface area contributed by atoms with Gasteiger partial charge >= 0.3 is 7.12 Å². The van der Waals surface area contributed by atoms with Gasteiger partial charge in [0.2, 0.25) is 0 Å². The number of allylic oxidation sites excluding steroid dienone is 2. The van der Waals surface area contributed by atoms with Crippen LogP contribution in [-0.4, -0.2) is 35.2 Å². The Morgan fingerprint density at radius 3 is 3.00 bits per heavy atom. The van der Waals surface area contributed by atoms with Gasteiger partial charge in [0.15, 0.2) is 0 Å². The molecule has 0 radical (unpaired) electrons. The Kier molecular flexibility index (Phi) is 3.14. The van der Waals surface area contributed by atoms with Gasteiger partial charge in [-0.1, -0.05) is 12.2 Å². The standard InChI is InChI=1S/C8H12BNO2/c1-2-5-10-6-3-4-8(7-10)9(11)12/h2-4,6,11-12H,1,5,7H2. The number of rotatable bonds is 3. The third kappa shape index (κ3) is 2.25. The first-order valence-electron chi connectivity index (χ1n) is 3.82. The van der Waals surface area contributed by atoms with E-state index in [4.69, 9.17) is 10.0 Å². The van der Waals surface area contributed by atoms with Crippen LogP contribution in [-0.2, 0) is 0 Å². The molecule has 0 saturated heterocycles. The second kappa shape index (κ2) is 4.14. The molecule has 0 unspecified atom stereocenters. The maximum Gasteiger partial charge on any atom is 0.485 e. The van der Waals surface area contributed by atoms with Gasteiger partial charge in [-0.2, -0.15) is 0 Å². The van der Waals surface area contributed by atoms with Crippen molar-refractivity contribution in [3.8, 4) is 0 Å². The Morgan fingerprint density at radius 1 is 1.67 bits per heavy atom. The van der Waals surface area contributed by atoms with Crippen molar-refractivity contribution >= 4 is 7.12 Å². The van der Waals surface area contributed by atoms with Gasteiger partial charge in [0.05, 0.1) is 0 Å². The highest BCUT2D eigenvalue weighted by Gasteiger charge is 2.17. The molecule has 3 nitrogen and oxygen atoms in total. The van der Waals surface area contributed by atoms with E-state index < -0.39 is 7.12 Å². The lowest BCUT2D eigenvalue weighted by molar-refractivity contribution is 0.396. The zero-order chi connectivity index (χ0) is 8.97. The van der Waals surface area contributed by atoms with Crippen molar-refractivity contribution in [2.24, 2.45) is 0 Å². The predicted molar refractivity (Wildman–Crippen MR) is 49.2 cm³/mol. The zero-order valence-corrected chi connectivity index (χ0v) is 6.85. The Bertz CT molecular complexity index is 223. The lowest BCUT2D eigenvalue weighted by Gasteiger charge is -2.22. The van der Waals surface area contributed by atoms with Crippen LogP contribution in [0, 0.1) is 0 Å². The molecule has 0 aliphatic carbocycles. The summed E-state index contributed by atoms with van der Waals surface area (Å²) in [5.74, 6) is 0. The molecule has 0 aromatic heterocycles. The summed E-state index contributed by atoms with van der Waals surface area (Å²) < 4.78 is 0. The maximum absolute atomic E-state index is 8.86. The van der Waals surface area contributed by atoms with E-state index in [0.29, 0.717) is 12.0 Å². The summed E-state index contributed by atoms with van der Waals surface area (Å²) in [6.45, 7) is 4.88. The fourth-order valence-corrected chi connectivity index (χ4v) is 1.09. The highest BCUT2D eigenvalue weighted by molar-refractivity contribution is 6.51. The van der Waals surface area contributed by atoms with Crippen LogP contribution >= 0.6 is 0 Å². The van der Waals surface area contributed by atoms with Crippen molar-refractivity contribution in [3.63, 3.8) is 0 Å². The highest BCUT2D eigenvalue weighted by Crippen LogP contribution is 2.07. The van der Waals surface area contributed by atoms with E-state index in [0.717, 1.165) is 6.54 Å². The minimum absolute atomic E-state index is 0.556. The molecule has 4 heteroatoms. The van der Waals surface area contributed by atoms with Gasteiger partial charge in [-0.25, -0.2) is 0 Å². The van der Waals surface area contributed by atoms with E-state index in [2.05, 4.69) is 6.58 Å². The van der Waals surface area contributed by atoms with E-state index in [9.17, 15) is 0 Å². The van der Waals surface area contributed by atoms with Crippen LogP contribution < -0.4 is 0 Å². The minimum atomic E-state index is -1.35. The topological polar surface area (TPSA) is 43.7 Å². The summed E-state index contributed by atoms with van der Waals surface area (Å²) in [5.41, 5.74) is 0.611. The average molecular weight is 165 g/mol. The quantitative estimate of drug-likeness (QED) is 0.454. The Labute approximate surface area is 72.5 Å². The molecule has 0 atom stereocenters. The van der Waals surface area contributed by atoms with Gasteiger partial charge < -0.3 is 14.9 Å². The van der Waals surface area contributed by atoms with Crippen molar-refractivity contribution in [1.29, 1.82) is 0 Å². The Balaban J connectivity index is 2.54. The van der Waals surface area contributed by atoms with Crippen LogP contribution in [0.4, 0.5) is 0 Å². The number of nitrogens with zero attached hydrogens (tertiary/aromatic N) is 1.